The highest BCUT2D eigenvalue weighted by Gasteiger charge is 2.21. The van der Waals surface area contributed by atoms with Crippen LogP contribution in [0.15, 0.2) is 0 Å². The Morgan fingerprint density at radius 2 is 2.00 bits per heavy atom. The molecule has 0 aromatic rings. The molecule has 3 heteroatoms. The molecule has 0 amide bonds. The van der Waals surface area contributed by atoms with Gasteiger partial charge in [0.15, 0.2) is 0 Å². The van der Waals surface area contributed by atoms with Gasteiger partial charge in [0.05, 0.1) is 0 Å². The van der Waals surface area contributed by atoms with Crippen LogP contribution in [0, 0.1) is 5.92 Å². The van der Waals surface area contributed by atoms with E-state index in [4.69, 9.17) is 16.3 Å². The minimum absolute atomic E-state index is 0.0729. The van der Waals surface area contributed by atoms with Gasteiger partial charge in [-0.3, -0.25) is 0 Å². The van der Waals surface area contributed by atoms with Gasteiger partial charge in [-0.1, -0.05) is 33.6 Å². The highest BCUT2D eigenvalue weighted by molar-refractivity contribution is 6.61. The van der Waals surface area contributed by atoms with Crippen LogP contribution in [0.2, 0.25) is 0 Å². The number of ether oxygens (including phenoxy) is 1. The molecule has 0 aromatic heterocycles. The number of halogens is 1. The quantitative estimate of drug-likeness (QED) is 0.614. The zero-order valence-electron chi connectivity index (χ0n) is 9.38. The molecule has 0 heterocycles. The fourth-order valence-corrected chi connectivity index (χ4v) is 1.74. The molecule has 1 aliphatic carbocycles. The van der Waals surface area contributed by atoms with Gasteiger partial charge in [-0.15, -0.1) is 0 Å². The summed E-state index contributed by atoms with van der Waals surface area (Å²) < 4.78 is 4.89. The van der Waals surface area contributed by atoms with E-state index in [1.807, 2.05) is 0 Å². The number of carbonyl (C=O) groups excluding carboxylic acids is 1. The van der Waals surface area contributed by atoms with Crippen LogP contribution in [0.4, 0.5) is 4.79 Å². The molecule has 0 radical (unpaired) electrons. The lowest BCUT2D eigenvalue weighted by molar-refractivity contribution is 0.0803. The molecule has 1 rings (SSSR count). The van der Waals surface area contributed by atoms with E-state index in [1.165, 1.54) is 12.8 Å². The predicted molar refractivity (Wildman–Crippen MR) is 59.7 cm³/mol. The average Bonchev–Trinajstić information content (AvgIpc) is 2.03. The van der Waals surface area contributed by atoms with Gasteiger partial charge in [0.2, 0.25) is 0 Å². The molecule has 0 bridgehead atoms. The fourth-order valence-electron chi connectivity index (χ4n) is 1.62. The molecule has 1 saturated carbocycles. The maximum absolute atomic E-state index is 10.4. The SMILES string of the molecule is CCC.C[C@@H]1CCC[C@H](OC(=O)Cl)C1. The van der Waals surface area contributed by atoms with Crippen LogP contribution in [-0.2, 0) is 4.74 Å². The van der Waals surface area contributed by atoms with E-state index < -0.39 is 5.43 Å². The highest BCUT2D eigenvalue weighted by Crippen LogP contribution is 2.25. The maximum Gasteiger partial charge on any atom is 0.404 e. The van der Waals surface area contributed by atoms with Gasteiger partial charge in [0.1, 0.15) is 6.10 Å². The summed E-state index contributed by atoms with van der Waals surface area (Å²) in [4.78, 5) is 10.4. The normalized spacial score (nSPS) is 26.0. The van der Waals surface area contributed by atoms with Gasteiger partial charge in [-0.2, -0.15) is 0 Å². The van der Waals surface area contributed by atoms with Crippen LogP contribution in [0.1, 0.15) is 52.9 Å². The third-order valence-corrected chi connectivity index (χ3v) is 2.24. The van der Waals surface area contributed by atoms with Crippen molar-refractivity contribution in [2.45, 2.75) is 59.0 Å². The van der Waals surface area contributed by atoms with Crippen molar-refractivity contribution in [3.63, 3.8) is 0 Å². The van der Waals surface area contributed by atoms with E-state index in [1.54, 1.807) is 0 Å². The van der Waals surface area contributed by atoms with Crippen molar-refractivity contribution >= 4 is 17.0 Å². The first-order valence-corrected chi connectivity index (χ1v) is 5.84. The van der Waals surface area contributed by atoms with E-state index in [0.29, 0.717) is 5.92 Å². The minimum atomic E-state index is -0.663. The molecular weight excluding hydrogens is 200 g/mol. The summed E-state index contributed by atoms with van der Waals surface area (Å²) in [6, 6.07) is 0. The van der Waals surface area contributed by atoms with Crippen molar-refractivity contribution < 1.29 is 9.53 Å². The first-order valence-electron chi connectivity index (χ1n) is 5.46. The van der Waals surface area contributed by atoms with Crippen molar-refractivity contribution in [3.05, 3.63) is 0 Å². The Balaban J connectivity index is 0.000000500. The zero-order valence-corrected chi connectivity index (χ0v) is 10.1. The second-order valence-electron chi connectivity index (χ2n) is 3.96. The first-order chi connectivity index (χ1) is 6.60. The molecule has 0 aromatic carbocycles. The zero-order chi connectivity index (χ0) is 11.0. The fraction of sp³-hybridized carbons (Fsp3) is 0.909. The third-order valence-electron chi connectivity index (χ3n) is 2.15. The van der Waals surface area contributed by atoms with Crippen LogP contribution in [0.3, 0.4) is 0 Å². The number of hydrogen-bond acceptors (Lipinski definition) is 2. The van der Waals surface area contributed by atoms with Gasteiger partial charge >= 0.3 is 5.43 Å². The number of hydrogen-bond donors (Lipinski definition) is 0. The molecule has 0 saturated heterocycles. The Kier molecular flexibility index (Phi) is 7.96. The Hall–Kier alpha value is -0.240. The molecular formula is C11H21ClO2. The van der Waals surface area contributed by atoms with Gasteiger partial charge < -0.3 is 4.74 Å². The lowest BCUT2D eigenvalue weighted by atomic mass is 9.89. The Labute approximate surface area is 92.0 Å². The van der Waals surface area contributed by atoms with E-state index in [2.05, 4.69) is 20.8 Å². The summed E-state index contributed by atoms with van der Waals surface area (Å²) in [5, 5.41) is 0. The van der Waals surface area contributed by atoms with E-state index in [0.717, 1.165) is 19.3 Å². The Morgan fingerprint density at radius 3 is 2.43 bits per heavy atom. The minimum Gasteiger partial charge on any atom is -0.450 e. The summed E-state index contributed by atoms with van der Waals surface area (Å²) in [5.41, 5.74) is -0.663. The molecule has 2 nitrogen and oxygen atoms in total. The number of rotatable bonds is 1. The molecule has 84 valence electrons. The molecule has 0 N–H and O–H groups in total. The third kappa shape index (κ3) is 7.19. The van der Waals surface area contributed by atoms with Crippen LogP contribution >= 0.6 is 11.6 Å². The average molecular weight is 221 g/mol. The molecule has 1 aliphatic rings. The highest BCUT2D eigenvalue weighted by atomic mass is 35.5. The molecule has 1 fully saturated rings. The topological polar surface area (TPSA) is 26.3 Å². The van der Waals surface area contributed by atoms with Crippen LogP contribution < -0.4 is 0 Å². The standard InChI is InChI=1S/C8H13ClO2.C3H8/c1-6-3-2-4-7(5-6)11-8(9)10;1-3-2/h6-7H,2-5H2,1H3;3H2,1-2H3/t6-,7+;/m1./s1. The molecule has 0 unspecified atom stereocenters. The van der Waals surface area contributed by atoms with Crippen LogP contribution in [0.25, 0.3) is 0 Å². The second-order valence-corrected chi connectivity index (χ2v) is 4.26. The van der Waals surface area contributed by atoms with Crippen molar-refractivity contribution in [1.29, 1.82) is 0 Å². The first kappa shape index (κ1) is 13.8. The smallest absolute Gasteiger partial charge is 0.404 e. The molecule has 14 heavy (non-hydrogen) atoms. The van der Waals surface area contributed by atoms with Gasteiger partial charge in [0, 0.05) is 11.6 Å². The van der Waals surface area contributed by atoms with Crippen LogP contribution in [-0.4, -0.2) is 11.5 Å². The van der Waals surface area contributed by atoms with E-state index in [-0.39, 0.29) is 6.10 Å². The molecule has 0 spiro atoms. The van der Waals surface area contributed by atoms with E-state index >= 15 is 0 Å². The van der Waals surface area contributed by atoms with E-state index in [9.17, 15) is 4.79 Å². The summed E-state index contributed by atoms with van der Waals surface area (Å²) >= 11 is 5.10. The van der Waals surface area contributed by atoms with Gasteiger partial charge in [0.25, 0.3) is 0 Å². The van der Waals surface area contributed by atoms with Crippen molar-refractivity contribution in [2.24, 2.45) is 5.92 Å². The largest absolute Gasteiger partial charge is 0.450 e. The van der Waals surface area contributed by atoms with Gasteiger partial charge in [-0.25, -0.2) is 4.79 Å². The molecule has 0 aliphatic heterocycles. The van der Waals surface area contributed by atoms with Gasteiger partial charge in [-0.05, 0) is 25.2 Å². The van der Waals surface area contributed by atoms with Crippen molar-refractivity contribution in [3.8, 4) is 0 Å². The molecule has 2 atom stereocenters. The Morgan fingerprint density at radius 1 is 1.43 bits per heavy atom. The predicted octanol–water partition coefficient (Wildman–Crippen LogP) is 4.36. The summed E-state index contributed by atoms with van der Waals surface area (Å²) in [6.07, 6.45) is 5.66. The summed E-state index contributed by atoms with van der Waals surface area (Å²) in [6.45, 7) is 6.42. The van der Waals surface area contributed by atoms with Crippen molar-refractivity contribution in [1.82, 2.24) is 0 Å². The summed E-state index contributed by atoms with van der Waals surface area (Å²) in [5.74, 6) is 0.671. The van der Waals surface area contributed by atoms with Crippen molar-refractivity contribution in [2.75, 3.05) is 0 Å². The van der Waals surface area contributed by atoms with Crippen LogP contribution in [0.5, 0.6) is 0 Å². The lowest BCUT2D eigenvalue weighted by Crippen LogP contribution is -2.22. The Bertz CT molecular complexity index is 159. The maximum atomic E-state index is 10.4. The summed E-state index contributed by atoms with van der Waals surface area (Å²) in [7, 11) is 0. The second kappa shape index (κ2) is 8.10. The number of carbonyl (C=O) groups is 1. The monoisotopic (exact) mass is 220 g/mol. The lowest BCUT2D eigenvalue weighted by Gasteiger charge is -2.25.